The van der Waals surface area contributed by atoms with Crippen LogP contribution in [0, 0.1) is 0 Å². The highest BCUT2D eigenvalue weighted by Crippen LogP contribution is 2.00. The summed E-state index contributed by atoms with van der Waals surface area (Å²) in [5, 5.41) is 6.89. The number of unbranched alkanes of at least 4 members (excludes halogenated alkanes) is 2. The van der Waals surface area contributed by atoms with Gasteiger partial charge in [0.25, 0.3) is 6.47 Å². The van der Waals surface area contributed by atoms with Crippen molar-refractivity contribution in [1.29, 1.82) is 0 Å². The van der Waals surface area contributed by atoms with Gasteiger partial charge in [0, 0.05) is 0 Å². The predicted molar refractivity (Wildman–Crippen MR) is 57.2 cm³/mol. The Morgan fingerprint density at radius 2 is 1.36 bits per heavy atom. The standard InChI is InChI=1S/C8H18O2S.CH2O2/c1-3-5-7-11(9,10)8-6-4-2;2-1-3/h3-8H2,1-2H3;1H,(H,2,3). The van der Waals surface area contributed by atoms with Crippen LogP contribution in [0.15, 0.2) is 0 Å². The maximum absolute atomic E-state index is 11.1. The Morgan fingerprint density at radius 3 is 1.57 bits per heavy atom. The molecule has 1 N–H and O–H groups in total. The normalized spacial score (nSPS) is 10.1. The van der Waals surface area contributed by atoms with Crippen molar-refractivity contribution in [3.63, 3.8) is 0 Å². The molecule has 5 heteroatoms. The van der Waals surface area contributed by atoms with Gasteiger partial charge < -0.3 is 5.11 Å². The summed E-state index contributed by atoms with van der Waals surface area (Å²) in [5.41, 5.74) is 0. The zero-order valence-corrected chi connectivity index (χ0v) is 9.72. The molecule has 0 saturated carbocycles. The highest BCUT2D eigenvalue weighted by Gasteiger charge is 2.07. The third-order valence-corrected chi connectivity index (χ3v) is 3.44. The monoisotopic (exact) mass is 224 g/mol. The number of hydrogen-bond donors (Lipinski definition) is 1. The Hall–Kier alpha value is -0.580. The summed E-state index contributed by atoms with van der Waals surface area (Å²) in [7, 11) is -2.71. The lowest BCUT2D eigenvalue weighted by molar-refractivity contribution is -0.122. The molecule has 0 radical (unpaired) electrons. The van der Waals surface area contributed by atoms with E-state index in [0.29, 0.717) is 11.5 Å². The van der Waals surface area contributed by atoms with Crippen molar-refractivity contribution >= 4 is 16.3 Å². The molecule has 0 aliphatic rings. The summed E-state index contributed by atoms with van der Waals surface area (Å²) < 4.78 is 22.3. The topological polar surface area (TPSA) is 71.4 Å². The van der Waals surface area contributed by atoms with Crippen LogP contribution in [0.4, 0.5) is 0 Å². The van der Waals surface area contributed by atoms with Gasteiger partial charge in [-0.1, -0.05) is 26.7 Å². The molecule has 0 aliphatic heterocycles. The summed E-state index contributed by atoms with van der Waals surface area (Å²) in [5.74, 6) is 0.757. The first-order valence-electron chi connectivity index (χ1n) is 4.82. The van der Waals surface area contributed by atoms with Crippen LogP contribution in [-0.4, -0.2) is 31.5 Å². The maximum atomic E-state index is 11.1. The van der Waals surface area contributed by atoms with Gasteiger partial charge in [0.1, 0.15) is 9.84 Å². The van der Waals surface area contributed by atoms with E-state index in [1.165, 1.54) is 0 Å². The molecule has 86 valence electrons. The fourth-order valence-corrected chi connectivity index (χ4v) is 2.49. The summed E-state index contributed by atoms with van der Waals surface area (Å²) in [6.07, 6.45) is 3.55. The molecule has 0 fully saturated rings. The third-order valence-electron chi connectivity index (χ3n) is 1.62. The van der Waals surface area contributed by atoms with Gasteiger partial charge in [-0.2, -0.15) is 0 Å². The van der Waals surface area contributed by atoms with E-state index in [1.807, 2.05) is 13.8 Å². The van der Waals surface area contributed by atoms with Crippen molar-refractivity contribution < 1.29 is 18.3 Å². The number of carboxylic acid groups (broad SMARTS) is 1. The van der Waals surface area contributed by atoms with E-state index in [0.717, 1.165) is 25.7 Å². The summed E-state index contributed by atoms with van der Waals surface area (Å²) in [4.78, 5) is 8.36. The lowest BCUT2D eigenvalue weighted by Crippen LogP contribution is -2.10. The van der Waals surface area contributed by atoms with Crippen molar-refractivity contribution in [1.82, 2.24) is 0 Å². The van der Waals surface area contributed by atoms with Crippen molar-refractivity contribution in [2.45, 2.75) is 39.5 Å². The van der Waals surface area contributed by atoms with Crippen LogP contribution >= 0.6 is 0 Å². The lowest BCUT2D eigenvalue weighted by Gasteiger charge is -2.00. The zero-order valence-electron chi connectivity index (χ0n) is 8.90. The van der Waals surface area contributed by atoms with Crippen molar-refractivity contribution in [2.75, 3.05) is 11.5 Å². The van der Waals surface area contributed by atoms with Gasteiger partial charge in [-0.3, -0.25) is 4.79 Å². The summed E-state index contributed by atoms with van der Waals surface area (Å²) >= 11 is 0. The van der Waals surface area contributed by atoms with E-state index in [4.69, 9.17) is 9.90 Å². The molecule has 0 unspecified atom stereocenters. The molecule has 0 aromatic carbocycles. The quantitative estimate of drug-likeness (QED) is 0.697. The molecule has 0 bridgehead atoms. The largest absolute Gasteiger partial charge is 0.483 e. The van der Waals surface area contributed by atoms with E-state index >= 15 is 0 Å². The fourth-order valence-electron chi connectivity index (χ4n) is 0.831. The van der Waals surface area contributed by atoms with Crippen LogP contribution in [0.5, 0.6) is 0 Å². The molecule has 14 heavy (non-hydrogen) atoms. The van der Waals surface area contributed by atoms with Gasteiger partial charge in [-0.05, 0) is 12.8 Å². The van der Waals surface area contributed by atoms with Crippen molar-refractivity contribution in [3.05, 3.63) is 0 Å². The molecule has 0 saturated heterocycles. The maximum Gasteiger partial charge on any atom is 0.290 e. The molecule has 0 aromatic heterocycles. The summed E-state index contributed by atoms with van der Waals surface area (Å²) in [6.45, 7) is 3.77. The van der Waals surface area contributed by atoms with E-state index in [-0.39, 0.29) is 6.47 Å². The molecule has 0 atom stereocenters. The van der Waals surface area contributed by atoms with Gasteiger partial charge in [-0.25, -0.2) is 8.42 Å². The summed E-state index contributed by atoms with van der Waals surface area (Å²) in [6, 6.07) is 0. The molecule has 0 aliphatic carbocycles. The first-order valence-corrected chi connectivity index (χ1v) is 6.64. The molecular weight excluding hydrogens is 204 g/mol. The van der Waals surface area contributed by atoms with Gasteiger partial charge in [0.15, 0.2) is 0 Å². The molecule has 0 heterocycles. The Bertz CT molecular complexity index is 195. The van der Waals surface area contributed by atoms with Gasteiger partial charge in [0.2, 0.25) is 0 Å². The van der Waals surface area contributed by atoms with Crippen LogP contribution in [0.3, 0.4) is 0 Å². The highest BCUT2D eigenvalue weighted by molar-refractivity contribution is 7.91. The minimum Gasteiger partial charge on any atom is -0.483 e. The zero-order chi connectivity index (χ0) is 11.4. The van der Waals surface area contributed by atoms with Crippen LogP contribution < -0.4 is 0 Å². The number of sulfone groups is 1. The average molecular weight is 224 g/mol. The fraction of sp³-hybridized carbons (Fsp3) is 0.889. The van der Waals surface area contributed by atoms with E-state index < -0.39 is 9.84 Å². The van der Waals surface area contributed by atoms with E-state index in [1.54, 1.807) is 0 Å². The Labute approximate surface area is 86.2 Å². The Morgan fingerprint density at radius 1 is 1.07 bits per heavy atom. The molecule has 4 nitrogen and oxygen atoms in total. The SMILES string of the molecule is CCCCS(=O)(=O)CCCC.O=CO. The predicted octanol–water partition coefficient (Wildman–Crippen LogP) is 1.70. The van der Waals surface area contributed by atoms with Crippen LogP contribution in [0.25, 0.3) is 0 Å². The number of hydrogen-bond acceptors (Lipinski definition) is 3. The lowest BCUT2D eigenvalue weighted by atomic mass is 10.4. The number of carbonyl (C=O) groups is 1. The second kappa shape index (κ2) is 10.5. The van der Waals surface area contributed by atoms with Crippen LogP contribution in [-0.2, 0) is 14.6 Å². The second-order valence-electron chi connectivity index (χ2n) is 2.96. The average Bonchev–Trinajstić information content (AvgIpc) is 2.13. The number of rotatable bonds is 6. The third kappa shape index (κ3) is 14.0. The van der Waals surface area contributed by atoms with E-state index in [9.17, 15) is 8.42 Å². The molecule has 0 spiro atoms. The first-order chi connectivity index (χ1) is 6.54. The smallest absolute Gasteiger partial charge is 0.290 e. The minimum absolute atomic E-state index is 0.250. The Kier molecular flexibility index (Phi) is 11.9. The van der Waals surface area contributed by atoms with Gasteiger partial charge in [0.05, 0.1) is 11.5 Å². The Balaban J connectivity index is 0. The van der Waals surface area contributed by atoms with Crippen molar-refractivity contribution in [3.8, 4) is 0 Å². The minimum atomic E-state index is -2.71. The van der Waals surface area contributed by atoms with Crippen LogP contribution in [0.1, 0.15) is 39.5 Å². The molecule has 0 amide bonds. The second-order valence-corrected chi connectivity index (χ2v) is 5.27. The van der Waals surface area contributed by atoms with Gasteiger partial charge >= 0.3 is 0 Å². The highest BCUT2D eigenvalue weighted by atomic mass is 32.2. The first kappa shape index (κ1) is 15.9. The molecule has 0 aromatic rings. The van der Waals surface area contributed by atoms with Gasteiger partial charge in [-0.15, -0.1) is 0 Å². The van der Waals surface area contributed by atoms with Crippen LogP contribution in [0.2, 0.25) is 0 Å². The molecule has 0 rings (SSSR count). The molecular formula is C9H20O4S. The van der Waals surface area contributed by atoms with Crippen molar-refractivity contribution in [2.24, 2.45) is 0 Å². The van der Waals surface area contributed by atoms with E-state index in [2.05, 4.69) is 0 Å².